The molecular formula is C12H10ClN5S. The van der Waals surface area contributed by atoms with Crippen molar-refractivity contribution in [3.05, 3.63) is 35.6 Å². The predicted molar refractivity (Wildman–Crippen MR) is 78.2 cm³/mol. The van der Waals surface area contributed by atoms with E-state index in [9.17, 15) is 0 Å². The number of hydrogen-bond acceptors (Lipinski definition) is 5. The van der Waals surface area contributed by atoms with Gasteiger partial charge in [-0.25, -0.2) is 15.0 Å². The fourth-order valence-electron chi connectivity index (χ4n) is 1.69. The number of hydrogen-bond donors (Lipinski definition) is 2. The molecule has 0 spiro atoms. The Hall–Kier alpha value is -1.79. The normalized spacial score (nSPS) is 10.8. The molecule has 0 unspecified atom stereocenters. The number of nitrogens with zero attached hydrogens (tertiary/aromatic N) is 3. The van der Waals surface area contributed by atoms with Crippen LogP contribution in [-0.2, 0) is 0 Å². The Labute approximate surface area is 118 Å². The average Bonchev–Trinajstić information content (AvgIpc) is 2.89. The number of thioether (sulfide) groups is 1. The standard InChI is InChI=1S/C12H10ClN5S/c1-19-12-17-10-9(14-6-15-10)11(18-12)16-8-5-3-2-4-7(8)13/h2-6H,1H3,(H2,14,15,16,17,18). The van der Waals surface area contributed by atoms with Gasteiger partial charge in [-0.15, -0.1) is 0 Å². The number of H-pyrrole nitrogens is 1. The first-order valence-corrected chi connectivity index (χ1v) is 7.15. The van der Waals surface area contributed by atoms with E-state index in [-0.39, 0.29) is 0 Å². The highest BCUT2D eigenvalue weighted by Gasteiger charge is 2.10. The van der Waals surface area contributed by atoms with Crippen LogP contribution in [0.25, 0.3) is 11.2 Å². The highest BCUT2D eigenvalue weighted by molar-refractivity contribution is 7.98. The molecular weight excluding hydrogens is 282 g/mol. The van der Waals surface area contributed by atoms with Crippen molar-refractivity contribution in [3.63, 3.8) is 0 Å². The Bertz CT molecular complexity index is 727. The Morgan fingerprint density at radius 1 is 1.26 bits per heavy atom. The number of imidazole rings is 1. The van der Waals surface area contributed by atoms with Gasteiger partial charge in [-0.3, -0.25) is 0 Å². The van der Waals surface area contributed by atoms with Crippen LogP contribution in [0, 0.1) is 0 Å². The maximum absolute atomic E-state index is 6.14. The molecule has 0 aliphatic heterocycles. The van der Waals surface area contributed by atoms with Gasteiger partial charge >= 0.3 is 0 Å². The summed E-state index contributed by atoms with van der Waals surface area (Å²) in [6.45, 7) is 0. The molecule has 3 aromatic rings. The summed E-state index contributed by atoms with van der Waals surface area (Å²) in [4.78, 5) is 15.9. The smallest absolute Gasteiger partial charge is 0.191 e. The van der Waals surface area contributed by atoms with Crippen LogP contribution < -0.4 is 5.32 Å². The zero-order chi connectivity index (χ0) is 13.2. The van der Waals surface area contributed by atoms with E-state index in [2.05, 4.69) is 25.3 Å². The molecule has 2 heterocycles. The first-order valence-electron chi connectivity index (χ1n) is 5.54. The Kier molecular flexibility index (Phi) is 3.27. The van der Waals surface area contributed by atoms with Crippen LogP contribution in [0.2, 0.25) is 5.02 Å². The SMILES string of the molecule is CSc1nc(Nc2ccccc2Cl)c2[nH]cnc2n1. The molecule has 0 radical (unpaired) electrons. The van der Waals surface area contributed by atoms with Gasteiger partial charge < -0.3 is 10.3 Å². The maximum atomic E-state index is 6.14. The van der Waals surface area contributed by atoms with Crippen LogP contribution in [0.5, 0.6) is 0 Å². The third-order valence-electron chi connectivity index (χ3n) is 2.57. The van der Waals surface area contributed by atoms with Crippen molar-refractivity contribution in [2.24, 2.45) is 0 Å². The van der Waals surface area contributed by atoms with E-state index in [0.29, 0.717) is 21.6 Å². The summed E-state index contributed by atoms with van der Waals surface area (Å²) < 4.78 is 0. The third-order valence-corrected chi connectivity index (χ3v) is 3.45. The molecule has 3 rings (SSSR count). The van der Waals surface area contributed by atoms with E-state index in [1.165, 1.54) is 11.8 Å². The van der Waals surface area contributed by atoms with E-state index in [1.807, 2.05) is 30.5 Å². The van der Waals surface area contributed by atoms with Crippen molar-refractivity contribution in [3.8, 4) is 0 Å². The molecule has 0 amide bonds. The molecule has 0 aliphatic carbocycles. The number of nitrogens with one attached hydrogen (secondary N) is 2. The molecule has 0 atom stereocenters. The second-order valence-corrected chi connectivity index (χ2v) is 4.95. The summed E-state index contributed by atoms with van der Waals surface area (Å²) in [5.41, 5.74) is 2.19. The number of fused-ring (bicyclic) bond motifs is 1. The summed E-state index contributed by atoms with van der Waals surface area (Å²) in [6.07, 6.45) is 3.52. The van der Waals surface area contributed by atoms with Crippen molar-refractivity contribution in [2.75, 3.05) is 11.6 Å². The van der Waals surface area contributed by atoms with E-state index in [0.717, 1.165) is 11.2 Å². The minimum atomic E-state index is 0.633. The number of rotatable bonds is 3. The molecule has 2 N–H and O–H groups in total. The van der Waals surface area contributed by atoms with Crippen LogP contribution in [0.15, 0.2) is 35.7 Å². The molecule has 0 fully saturated rings. The summed E-state index contributed by atoms with van der Waals surface area (Å²) >= 11 is 7.60. The van der Waals surface area contributed by atoms with E-state index < -0.39 is 0 Å². The summed E-state index contributed by atoms with van der Waals surface area (Å²) in [6, 6.07) is 7.51. The number of benzene rings is 1. The Morgan fingerprint density at radius 2 is 2.11 bits per heavy atom. The van der Waals surface area contributed by atoms with Crippen LogP contribution in [0.1, 0.15) is 0 Å². The summed E-state index contributed by atoms with van der Waals surface area (Å²) in [5, 5.41) is 4.51. The number of para-hydroxylation sites is 1. The van der Waals surface area contributed by atoms with Crippen molar-refractivity contribution < 1.29 is 0 Å². The summed E-state index contributed by atoms with van der Waals surface area (Å²) in [7, 11) is 0. The minimum Gasteiger partial charge on any atom is -0.340 e. The molecule has 19 heavy (non-hydrogen) atoms. The second-order valence-electron chi connectivity index (χ2n) is 3.76. The fraction of sp³-hybridized carbons (Fsp3) is 0.0833. The molecule has 2 aromatic heterocycles. The molecule has 5 nitrogen and oxygen atoms in total. The highest BCUT2D eigenvalue weighted by atomic mass is 35.5. The van der Waals surface area contributed by atoms with Gasteiger partial charge in [-0.1, -0.05) is 35.5 Å². The zero-order valence-electron chi connectivity index (χ0n) is 10.0. The maximum Gasteiger partial charge on any atom is 0.191 e. The summed E-state index contributed by atoms with van der Waals surface area (Å²) in [5.74, 6) is 0.667. The second kappa shape index (κ2) is 5.07. The molecule has 0 aliphatic rings. The first-order chi connectivity index (χ1) is 9.28. The lowest BCUT2D eigenvalue weighted by molar-refractivity contribution is 1.00. The third kappa shape index (κ3) is 2.36. The van der Waals surface area contributed by atoms with Crippen LogP contribution in [-0.4, -0.2) is 26.2 Å². The van der Waals surface area contributed by atoms with Gasteiger partial charge in [-0.2, -0.15) is 0 Å². The quantitative estimate of drug-likeness (QED) is 0.571. The highest BCUT2D eigenvalue weighted by Crippen LogP contribution is 2.27. The van der Waals surface area contributed by atoms with Crippen molar-refractivity contribution in [1.82, 2.24) is 19.9 Å². The largest absolute Gasteiger partial charge is 0.340 e. The predicted octanol–water partition coefficient (Wildman–Crippen LogP) is 3.47. The van der Waals surface area contributed by atoms with Gasteiger partial charge in [0.1, 0.15) is 5.52 Å². The minimum absolute atomic E-state index is 0.633. The van der Waals surface area contributed by atoms with Crippen molar-refractivity contribution in [1.29, 1.82) is 0 Å². The molecule has 0 saturated carbocycles. The Morgan fingerprint density at radius 3 is 2.89 bits per heavy atom. The molecule has 96 valence electrons. The lowest BCUT2D eigenvalue weighted by Crippen LogP contribution is -1.98. The van der Waals surface area contributed by atoms with Crippen molar-refractivity contribution >= 4 is 46.0 Å². The number of aromatic amines is 1. The fourth-order valence-corrected chi connectivity index (χ4v) is 2.23. The molecule has 1 aromatic carbocycles. The van der Waals surface area contributed by atoms with Crippen LogP contribution >= 0.6 is 23.4 Å². The average molecular weight is 292 g/mol. The van der Waals surface area contributed by atoms with E-state index >= 15 is 0 Å². The Balaban J connectivity index is 2.09. The topological polar surface area (TPSA) is 66.5 Å². The van der Waals surface area contributed by atoms with E-state index in [4.69, 9.17) is 11.6 Å². The van der Waals surface area contributed by atoms with Gasteiger partial charge in [0.25, 0.3) is 0 Å². The lowest BCUT2D eigenvalue weighted by atomic mass is 10.3. The monoisotopic (exact) mass is 291 g/mol. The number of halogens is 1. The van der Waals surface area contributed by atoms with E-state index in [1.54, 1.807) is 6.33 Å². The lowest BCUT2D eigenvalue weighted by Gasteiger charge is -2.08. The number of aromatic nitrogens is 4. The number of anilines is 2. The molecule has 0 bridgehead atoms. The van der Waals surface area contributed by atoms with Crippen molar-refractivity contribution in [2.45, 2.75) is 5.16 Å². The molecule has 0 saturated heterocycles. The first kappa shape index (κ1) is 12.3. The van der Waals surface area contributed by atoms with Gasteiger partial charge in [0.05, 0.1) is 17.0 Å². The van der Waals surface area contributed by atoms with Gasteiger partial charge in [-0.05, 0) is 18.4 Å². The molecule has 7 heteroatoms. The van der Waals surface area contributed by atoms with Crippen LogP contribution in [0.4, 0.5) is 11.5 Å². The van der Waals surface area contributed by atoms with Gasteiger partial charge in [0.2, 0.25) is 0 Å². The van der Waals surface area contributed by atoms with Crippen LogP contribution in [0.3, 0.4) is 0 Å². The zero-order valence-corrected chi connectivity index (χ0v) is 11.6. The van der Waals surface area contributed by atoms with Gasteiger partial charge in [0, 0.05) is 0 Å². The van der Waals surface area contributed by atoms with Gasteiger partial charge in [0.15, 0.2) is 16.6 Å².